The zero-order chi connectivity index (χ0) is 12.1. The maximum atomic E-state index is 5.61. The molecule has 0 aliphatic carbocycles. The zero-order valence-electron chi connectivity index (χ0n) is 10.2. The largest absolute Gasteiger partial charge is 0.389 e. The molecule has 0 amide bonds. The smallest absolute Gasteiger partial charge is 0.103 e. The summed E-state index contributed by atoms with van der Waals surface area (Å²) in [5.41, 5.74) is 7.86. The van der Waals surface area contributed by atoms with Gasteiger partial charge in [-0.3, -0.25) is 0 Å². The Labute approximate surface area is 109 Å². The van der Waals surface area contributed by atoms with E-state index in [0.717, 1.165) is 5.56 Å². The molecule has 0 aromatic heterocycles. The number of thiocarbonyl (C=S) groups is 1. The fourth-order valence-electron chi connectivity index (χ4n) is 2.34. The van der Waals surface area contributed by atoms with Crippen molar-refractivity contribution in [1.82, 2.24) is 0 Å². The van der Waals surface area contributed by atoms with E-state index in [9.17, 15) is 0 Å². The van der Waals surface area contributed by atoms with Gasteiger partial charge in [-0.25, -0.2) is 0 Å². The fraction of sp³-hybridized carbons (Fsp3) is 0.500. The molecule has 0 bridgehead atoms. The number of hydrogen-bond donors (Lipinski definition) is 1. The van der Waals surface area contributed by atoms with Crippen molar-refractivity contribution in [2.75, 3.05) is 18.0 Å². The first-order valence-corrected chi connectivity index (χ1v) is 6.83. The predicted octanol–water partition coefficient (Wildman–Crippen LogP) is 3.09. The van der Waals surface area contributed by atoms with E-state index >= 15 is 0 Å². The van der Waals surface area contributed by atoms with Crippen molar-refractivity contribution < 1.29 is 0 Å². The Bertz CT molecular complexity index is 364. The van der Waals surface area contributed by atoms with E-state index in [1.807, 2.05) is 12.1 Å². The molecule has 0 spiro atoms. The Hall–Kier alpha value is -1.09. The van der Waals surface area contributed by atoms with Crippen LogP contribution in [0, 0.1) is 0 Å². The molecule has 1 heterocycles. The molecule has 1 fully saturated rings. The normalized spacial score (nSPS) is 17.3. The summed E-state index contributed by atoms with van der Waals surface area (Å²) in [5.74, 6) is 0. The van der Waals surface area contributed by atoms with E-state index in [0.29, 0.717) is 4.99 Å². The topological polar surface area (TPSA) is 29.3 Å². The molecule has 0 atom stereocenters. The van der Waals surface area contributed by atoms with Crippen LogP contribution in [0.25, 0.3) is 0 Å². The monoisotopic (exact) mass is 248 g/mol. The summed E-state index contributed by atoms with van der Waals surface area (Å²) in [6.45, 7) is 2.35. The Morgan fingerprint density at radius 2 is 1.47 bits per heavy atom. The van der Waals surface area contributed by atoms with Gasteiger partial charge in [0.2, 0.25) is 0 Å². The van der Waals surface area contributed by atoms with Gasteiger partial charge in [-0.2, -0.15) is 0 Å². The minimum atomic E-state index is 0.476. The molecule has 17 heavy (non-hydrogen) atoms. The van der Waals surface area contributed by atoms with E-state index in [2.05, 4.69) is 17.0 Å². The molecule has 92 valence electrons. The number of rotatable bonds is 2. The molecule has 0 radical (unpaired) electrons. The maximum Gasteiger partial charge on any atom is 0.103 e. The van der Waals surface area contributed by atoms with Crippen LogP contribution in [0.2, 0.25) is 0 Å². The van der Waals surface area contributed by atoms with E-state index < -0.39 is 0 Å². The molecule has 0 unspecified atom stereocenters. The van der Waals surface area contributed by atoms with Gasteiger partial charge in [0.1, 0.15) is 4.99 Å². The summed E-state index contributed by atoms with van der Waals surface area (Å²) in [5, 5.41) is 0. The van der Waals surface area contributed by atoms with Gasteiger partial charge in [-0.15, -0.1) is 0 Å². The summed E-state index contributed by atoms with van der Waals surface area (Å²) in [4.78, 5) is 2.95. The standard InChI is InChI=1S/C14H20N2S/c15-14(17)12-6-8-13(9-7-12)16-10-4-2-1-3-5-11-16/h6-9H,1-5,10-11H2,(H2,15,17). The fourth-order valence-corrected chi connectivity index (χ4v) is 2.48. The average Bonchev–Trinajstić information content (AvgIpc) is 2.29. The molecule has 2 rings (SSSR count). The quantitative estimate of drug-likeness (QED) is 0.816. The second-order valence-corrected chi connectivity index (χ2v) is 5.11. The maximum absolute atomic E-state index is 5.61. The first-order chi connectivity index (χ1) is 8.27. The van der Waals surface area contributed by atoms with Crippen molar-refractivity contribution >= 4 is 22.9 Å². The lowest BCUT2D eigenvalue weighted by molar-refractivity contribution is 0.556. The van der Waals surface area contributed by atoms with Crippen LogP contribution in [0.3, 0.4) is 0 Å². The number of anilines is 1. The highest BCUT2D eigenvalue weighted by Crippen LogP contribution is 2.19. The molecule has 1 aliphatic heterocycles. The van der Waals surface area contributed by atoms with Gasteiger partial charge in [0.05, 0.1) is 0 Å². The third-order valence-corrected chi connectivity index (χ3v) is 3.61. The van der Waals surface area contributed by atoms with Gasteiger partial charge in [0, 0.05) is 24.3 Å². The first-order valence-electron chi connectivity index (χ1n) is 6.42. The average molecular weight is 248 g/mol. The SMILES string of the molecule is NC(=S)c1ccc(N2CCCCCCC2)cc1. The Balaban J connectivity index is 2.06. The van der Waals surface area contributed by atoms with Crippen LogP contribution < -0.4 is 10.6 Å². The van der Waals surface area contributed by atoms with Crippen LogP contribution in [0.5, 0.6) is 0 Å². The van der Waals surface area contributed by atoms with E-state index in [4.69, 9.17) is 18.0 Å². The van der Waals surface area contributed by atoms with Gasteiger partial charge < -0.3 is 10.6 Å². The molecule has 1 saturated heterocycles. The lowest BCUT2D eigenvalue weighted by atomic mass is 10.1. The molecule has 0 saturated carbocycles. The van der Waals surface area contributed by atoms with Gasteiger partial charge in [0.15, 0.2) is 0 Å². The van der Waals surface area contributed by atoms with Gasteiger partial charge >= 0.3 is 0 Å². The molecule has 1 aromatic rings. The van der Waals surface area contributed by atoms with Gasteiger partial charge in [-0.1, -0.05) is 31.5 Å². The number of benzene rings is 1. The molecule has 2 N–H and O–H groups in total. The Morgan fingerprint density at radius 1 is 0.941 bits per heavy atom. The first kappa shape index (κ1) is 12.4. The van der Waals surface area contributed by atoms with E-state index in [1.165, 1.54) is 50.9 Å². The van der Waals surface area contributed by atoms with Crippen molar-refractivity contribution in [3.8, 4) is 0 Å². The van der Waals surface area contributed by atoms with Crippen LogP contribution in [-0.2, 0) is 0 Å². The van der Waals surface area contributed by atoms with Crippen molar-refractivity contribution in [3.05, 3.63) is 29.8 Å². The second-order valence-electron chi connectivity index (χ2n) is 4.67. The molecular formula is C14H20N2S. The molecular weight excluding hydrogens is 228 g/mol. The highest BCUT2D eigenvalue weighted by Gasteiger charge is 2.08. The number of hydrogen-bond acceptors (Lipinski definition) is 2. The van der Waals surface area contributed by atoms with Crippen LogP contribution >= 0.6 is 12.2 Å². The second kappa shape index (κ2) is 6.01. The summed E-state index contributed by atoms with van der Waals surface area (Å²) < 4.78 is 0. The number of nitrogens with two attached hydrogens (primary N) is 1. The third-order valence-electron chi connectivity index (χ3n) is 3.37. The third kappa shape index (κ3) is 3.43. The van der Waals surface area contributed by atoms with Crippen LogP contribution in [0.1, 0.15) is 37.7 Å². The summed E-state index contributed by atoms with van der Waals surface area (Å²) in [6.07, 6.45) is 6.73. The van der Waals surface area contributed by atoms with Crippen LogP contribution in [-0.4, -0.2) is 18.1 Å². The van der Waals surface area contributed by atoms with Crippen molar-refractivity contribution in [1.29, 1.82) is 0 Å². The van der Waals surface area contributed by atoms with Crippen LogP contribution in [0.15, 0.2) is 24.3 Å². The van der Waals surface area contributed by atoms with Crippen molar-refractivity contribution in [3.63, 3.8) is 0 Å². The highest BCUT2D eigenvalue weighted by molar-refractivity contribution is 7.80. The molecule has 3 heteroatoms. The molecule has 1 aliphatic rings. The minimum absolute atomic E-state index is 0.476. The molecule has 1 aromatic carbocycles. The predicted molar refractivity (Wildman–Crippen MR) is 77.6 cm³/mol. The van der Waals surface area contributed by atoms with E-state index in [-0.39, 0.29) is 0 Å². The lowest BCUT2D eigenvalue weighted by Gasteiger charge is -2.27. The van der Waals surface area contributed by atoms with Crippen molar-refractivity contribution in [2.24, 2.45) is 5.73 Å². The summed E-state index contributed by atoms with van der Waals surface area (Å²) in [6, 6.07) is 8.32. The zero-order valence-corrected chi connectivity index (χ0v) is 11.0. The van der Waals surface area contributed by atoms with Gasteiger partial charge in [0.25, 0.3) is 0 Å². The Morgan fingerprint density at radius 3 is 2.00 bits per heavy atom. The van der Waals surface area contributed by atoms with Crippen LogP contribution in [0.4, 0.5) is 5.69 Å². The summed E-state index contributed by atoms with van der Waals surface area (Å²) in [7, 11) is 0. The number of nitrogens with zero attached hydrogens (tertiary/aromatic N) is 1. The lowest BCUT2D eigenvalue weighted by Crippen LogP contribution is -2.27. The minimum Gasteiger partial charge on any atom is -0.389 e. The summed E-state index contributed by atoms with van der Waals surface area (Å²) >= 11 is 4.97. The van der Waals surface area contributed by atoms with Crippen molar-refractivity contribution in [2.45, 2.75) is 32.1 Å². The highest BCUT2D eigenvalue weighted by atomic mass is 32.1. The van der Waals surface area contributed by atoms with Gasteiger partial charge in [-0.05, 0) is 37.1 Å². The Kier molecular flexibility index (Phi) is 4.37. The van der Waals surface area contributed by atoms with E-state index in [1.54, 1.807) is 0 Å². The molecule has 2 nitrogen and oxygen atoms in total.